The molecule has 4 nitrogen and oxygen atoms in total. The van der Waals surface area contributed by atoms with Crippen molar-refractivity contribution in [2.45, 2.75) is 22.6 Å². The van der Waals surface area contributed by atoms with E-state index in [0.29, 0.717) is 5.25 Å². The predicted molar refractivity (Wildman–Crippen MR) is 116 cm³/mol. The van der Waals surface area contributed by atoms with Gasteiger partial charge in [0.25, 0.3) is 0 Å². The van der Waals surface area contributed by atoms with Gasteiger partial charge in [0.15, 0.2) is 0 Å². The maximum Gasteiger partial charge on any atom is 0.0910 e. The summed E-state index contributed by atoms with van der Waals surface area (Å²) in [5.74, 6) is 0. The van der Waals surface area contributed by atoms with Crippen LogP contribution in [0.4, 0.5) is 0 Å². The van der Waals surface area contributed by atoms with Crippen LogP contribution in [0.2, 0.25) is 0 Å². The molecule has 0 aliphatic carbocycles. The van der Waals surface area contributed by atoms with Gasteiger partial charge in [-0.15, -0.1) is 11.8 Å². The Morgan fingerprint density at radius 1 is 0.821 bits per heavy atom. The van der Waals surface area contributed by atoms with Gasteiger partial charge in [-0.25, -0.2) is 0 Å². The van der Waals surface area contributed by atoms with Crippen molar-refractivity contribution in [3.05, 3.63) is 118 Å². The summed E-state index contributed by atoms with van der Waals surface area (Å²) in [5, 5.41) is 7.55. The highest BCUT2D eigenvalue weighted by Crippen LogP contribution is 2.51. The Hall–Kier alpha value is -2.72. The van der Waals surface area contributed by atoms with Crippen molar-refractivity contribution in [3.8, 4) is 0 Å². The largest absolute Gasteiger partial charge is 0.308 e. The van der Waals surface area contributed by atoms with E-state index in [2.05, 4.69) is 106 Å². The summed E-state index contributed by atoms with van der Waals surface area (Å²) in [6.45, 7) is 0.822. The van der Waals surface area contributed by atoms with E-state index in [1.54, 1.807) is 0 Å². The first-order valence-electron chi connectivity index (χ1n) is 9.45. The average molecular weight is 387 g/mol. The molecular weight excluding hydrogens is 364 g/mol. The summed E-state index contributed by atoms with van der Waals surface area (Å²) in [6, 6.07) is 32.0. The van der Waals surface area contributed by atoms with Gasteiger partial charge in [-0.1, -0.05) is 96.1 Å². The first-order valence-corrected chi connectivity index (χ1v) is 10.3. The topological polar surface area (TPSA) is 60.8 Å². The Labute approximate surface area is 169 Å². The number of hydrogen-bond acceptors (Lipinski definition) is 3. The van der Waals surface area contributed by atoms with Crippen LogP contribution in [0.5, 0.6) is 0 Å². The van der Waals surface area contributed by atoms with Gasteiger partial charge in [0.2, 0.25) is 0 Å². The molecule has 0 spiro atoms. The third kappa shape index (κ3) is 3.65. The van der Waals surface area contributed by atoms with E-state index >= 15 is 0 Å². The van der Waals surface area contributed by atoms with Crippen LogP contribution in [0.15, 0.2) is 96.1 Å². The number of nitrogens with one attached hydrogen (secondary N) is 1. The molecule has 1 fully saturated rings. The Kier molecular flexibility index (Phi) is 5.68. The average Bonchev–Trinajstić information content (AvgIpc) is 3.21. The molecule has 1 aliphatic heterocycles. The van der Waals surface area contributed by atoms with Crippen LogP contribution in [0.3, 0.4) is 0 Å². The number of azide groups is 1. The molecule has 4 rings (SSSR count). The maximum atomic E-state index is 8.79. The van der Waals surface area contributed by atoms with Crippen molar-refractivity contribution in [2.75, 3.05) is 6.54 Å². The first-order chi connectivity index (χ1) is 13.8. The molecule has 0 bridgehead atoms. The fourth-order valence-electron chi connectivity index (χ4n) is 3.90. The van der Waals surface area contributed by atoms with E-state index in [1.807, 2.05) is 11.8 Å². The second-order valence-corrected chi connectivity index (χ2v) is 8.40. The lowest BCUT2D eigenvalue weighted by molar-refractivity contribution is 0.630. The molecule has 1 heterocycles. The maximum absolute atomic E-state index is 8.79. The zero-order chi connectivity index (χ0) is 19.2. The minimum absolute atomic E-state index is 0.137. The van der Waals surface area contributed by atoms with E-state index in [1.165, 1.54) is 16.7 Å². The van der Waals surface area contributed by atoms with Crippen LogP contribution in [-0.4, -0.2) is 18.0 Å². The second-order valence-electron chi connectivity index (χ2n) is 6.88. The van der Waals surface area contributed by atoms with Crippen LogP contribution in [-0.2, 0) is 4.75 Å². The standard InChI is InChI=1S/C23H22N4S/c24-27-26-22-16-21(17-25-22)28-23(18-10-4-1-5-11-18,19-12-6-2-7-13-19)20-14-8-3-9-15-20/h1-15,21-22,25H,16-17H2/t21-,22+/m1/s1. The second kappa shape index (κ2) is 8.53. The smallest absolute Gasteiger partial charge is 0.0910 e. The van der Waals surface area contributed by atoms with Gasteiger partial charge in [-0.2, -0.15) is 0 Å². The number of rotatable bonds is 6. The summed E-state index contributed by atoms with van der Waals surface area (Å²) >= 11 is 1.94. The fraction of sp³-hybridized carbons (Fsp3) is 0.217. The Morgan fingerprint density at radius 3 is 1.71 bits per heavy atom. The fourth-order valence-corrected chi connectivity index (χ4v) is 5.67. The summed E-state index contributed by atoms with van der Waals surface area (Å²) in [5.41, 5.74) is 12.6. The van der Waals surface area contributed by atoms with Crippen molar-refractivity contribution >= 4 is 11.8 Å². The van der Waals surface area contributed by atoms with Crippen LogP contribution < -0.4 is 5.32 Å². The first kappa shape index (κ1) is 18.6. The van der Waals surface area contributed by atoms with E-state index in [9.17, 15) is 0 Å². The quantitative estimate of drug-likeness (QED) is 0.255. The molecule has 28 heavy (non-hydrogen) atoms. The number of nitrogens with zero attached hydrogens (tertiary/aromatic N) is 3. The molecule has 2 atom stereocenters. The van der Waals surface area contributed by atoms with E-state index in [4.69, 9.17) is 5.53 Å². The molecule has 3 aromatic rings. The summed E-state index contributed by atoms with van der Waals surface area (Å²) in [7, 11) is 0. The van der Waals surface area contributed by atoms with Gasteiger partial charge in [0.1, 0.15) is 0 Å². The zero-order valence-corrected chi connectivity index (χ0v) is 16.3. The van der Waals surface area contributed by atoms with Crippen molar-refractivity contribution < 1.29 is 0 Å². The molecule has 0 radical (unpaired) electrons. The van der Waals surface area contributed by atoms with Crippen molar-refractivity contribution in [1.82, 2.24) is 5.32 Å². The third-order valence-electron chi connectivity index (χ3n) is 5.14. The highest BCUT2D eigenvalue weighted by Gasteiger charge is 2.40. The number of benzene rings is 3. The molecule has 3 aromatic carbocycles. The van der Waals surface area contributed by atoms with Crippen molar-refractivity contribution in [2.24, 2.45) is 5.11 Å². The van der Waals surface area contributed by atoms with Crippen molar-refractivity contribution in [3.63, 3.8) is 0 Å². The number of thioether (sulfide) groups is 1. The molecule has 140 valence electrons. The normalized spacial score (nSPS) is 19.1. The molecule has 0 amide bonds. The highest BCUT2D eigenvalue weighted by molar-refractivity contribution is 8.01. The molecule has 1 N–H and O–H groups in total. The predicted octanol–water partition coefficient (Wildman–Crippen LogP) is 5.71. The molecular formula is C23H22N4S. The number of hydrogen-bond donors (Lipinski definition) is 1. The van der Waals surface area contributed by atoms with Crippen LogP contribution in [0.25, 0.3) is 10.4 Å². The lowest BCUT2D eigenvalue weighted by atomic mass is 9.84. The molecule has 1 saturated heterocycles. The van der Waals surface area contributed by atoms with Gasteiger partial charge in [-0.05, 0) is 28.6 Å². The van der Waals surface area contributed by atoms with Crippen molar-refractivity contribution in [1.29, 1.82) is 0 Å². The van der Waals surface area contributed by atoms with Gasteiger partial charge >= 0.3 is 0 Å². The molecule has 0 saturated carbocycles. The lowest BCUT2D eigenvalue weighted by Crippen LogP contribution is -2.29. The highest BCUT2D eigenvalue weighted by atomic mass is 32.2. The third-order valence-corrected chi connectivity index (χ3v) is 6.90. The Bertz CT molecular complexity index is 843. The molecule has 5 heteroatoms. The minimum Gasteiger partial charge on any atom is -0.308 e. The Morgan fingerprint density at radius 2 is 1.29 bits per heavy atom. The van der Waals surface area contributed by atoms with Crippen LogP contribution in [0, 0.1) is 0 Å². The van der Waals surface area contributed by atoms with E-state index in [0.717, 1.165) is 13.0 Å². The summed E-state index contributed by atoms with van der Waals surface area (Å²) in [6.07, 6.45) is 0.686. The molecule has 0 unspecified atom stereocenters. The van der Waals surface area contributed by atoms with Crippen LogP contribution in [0.1, 0.15) is 23.1 Å². The van der Waals surface area contributed by atoms with E-state index in [-0.39, 0.29) is 10.9 Å². The molecule has 0 aromatic heterocycles. The van der Waals surface area contributed by atoms with Crippen LogP contribution >= 0.6 is 11.8 Å². The SMILES string of the molecule is [N-]=[N+]=N[C@H]1C[C@@H](SC(c2ccccc2)(c2ccccc2)c2ccccc2)CN1. The molecule has 1 aliphatic rings. The van der Waals surface area contributed by atoms with Gasteiger partial charge < -0.3 is 5.32 Å². The Balaban J connectivity index is 1.85. The van der Waals surface area contributed by atoms with Gasteiger partial charge in [0, 0.05) is 16.7 Å². The summed E-state index contributed by atoms with van der Waals surface area (Å²) < 4.78 is -0.332. The van der Waals surface area contributed by atoms with Gasteiger partial charge in [-0.3, -0.25) is 0 Å². The summed E-state index contributed by atoms with van der Waals surface area (Å²) in [4.78, 5) is 2.98. The minimum atomic E-state index is -0.332. The zero-order valence-electron chi connectivity index (χ0n) is 15.5. The van der Waals surface area contributed by atoms with E-state index < -0.39 is 0 Å². The van der Waals surface area contributed by atoms with Gasteiger partial charge in [0.05, 0.1) is 10.9 Å². The monoisotopic (exact) mass is 386 g/mol. The lowest BCUT2D eigenvalue weighted by Gasteiger charge is -2.37.